The molecule has 52 heavy (non-hydrogen) atoms. The monoisotopic (exact) mass is 662 g/mol. The Hall–Kier alpha value is -7.22. The SMILES string of the molecule is [C-]#[N+]c1ccccc1-c1c(-c2ccc(-c3ccc(-c4nc(-c5ccccc5)nc(-c5ccccc5)n4)cc3)c3ccccc23)ccc2ccccc12. The molecule has 4 nitrogen and oxygen atoms in total. The van der Waals surface area contributed by atoms with Crippen LogP contribution in [-0.2, 0) is 0 Å². The van der Waals surface area contributed by atoms with Crippen molar-refractivity contribution in [2.24, 2.45) is 0 Å². The molecule has 0 aliphatic carbocycles. The molecule has 0 radical (unpaired) electrons. The molecular formula is C48H30N4. The first kappa shape index (κ1) is 30.8. The summed E-state index contributed by atoms with van der Waals surface area (Å²) in [6.45, 7) is 7.96. The van der Waals surface area contributed by atoms with Gasteiger partial charge in [-0.05, 0) is 54.9 Å². The van der Waals surface area contributed by atoms with E-state index in [4.69, 9.17) is 21.5 Å². The van der Waals surface area contributed by atoms with Crippen LogP contribution in [0.1, 0.15) is 0 Å². The number of aromatic nitrogens is 3. The van der Waals surface area contributed by atoms with E-state index in [9.17, 15) is 0 Å². The summed E-state index contributed by atoms with van der Waals surface area (Å²) >= 11 is 0. The van der Waals surface area contributed by atoms with Crippen LogP contribution in [0.5, 0.6) is 0 Å². The molecule has 0 atom stereocenters. The second-order valence-electron chi connectivity index (χ2n) is 12.7. The average molecular weight is 663 g/mol. The van der Waals surface area contributed by atoms with Crippen LogP contribution in [-0.4, -0.2) is 15.0 Å². The van der Waals surface area contributed by atoms with Gasteiger partial charge in [0, 0.05) is 16.7 Å². The number of fused-ring (bicyclic) bond motifs is 2. The van der Waals surface area contributed by atoms with E-state index in [1.165, 1.54) is 0 Å². The maximum absolute atomic E-state index is 7.96. The van der Waals surface area contributed by atoms with E-state index in [1.54, 1.807) is 0 Å². The van der Waals surface area contributed by atoms with Crippen molar-refractivity contribution in [3.8, 4) is 67.5 Å². The minimum atomic E-state index is 0.628. The molecule has 4 heteroatoms. The lowest BCUT2D eigenvalue weighted by Gasteiger charge is -2.18. The molecule has 242 valence electrons. The van der Waals surface area contributed by atoms with Crippen molar-refractivity contribution in [2.75, 3.05) is 0 Å². The molecule has 0 aliphatic rings. The van der Waals surface area contributed by atoms with Gasteiger partial charge in [-0.3, -0.25) is 0 Å². The topological polar surface area (TPSA) is 43.0 Å². The van der Waals surface area contributed by atoms with Crippen molar-refractivity contribution in [2.45, 2.75) is 0 Å². The fraction of sp³-hybridized carbons (Fsp3) is 0. The fourth-order valence-corrected chi connectivity index (χ4v) is 7.09. The zero-order chi connectivity index (χ0) is 34.9. The lowest BCUT2D eigenvalue weighted by atomic mass is 9.86. The van der Waals surface area contributed by atoms with Crippen molar-refractivity contribution >= 4 is 27.2 Å². The van der Waals surface area contributed by atoms with Gasteiger partial charge in [0.2, 0.25) is 0 Å². The van der Waals surface area contributed by atoms with E-state index in [0.29, 0.717) is 23.2 Å². The van der Waals surface area contributed by atoms with Crippen LogP contribution in [0.2, 0.25) is 0 Å². The summed E-state index contributed by atoms with van der Waals surface area (Å²) in [6.07, 6.45) is 0. The van der Waals surface area contributed by atoms with Crippen LogP contribution in [0.15, 0.2) is 182 Å². The van der Waals surface area contributed by atoms with Crippen molar-refractivity contribution in [3.63, 3.8) is 0 Å². The molecule has 1 heterocycles. The van der Waals surface area contributed by atoms with Gasteiger partial charge in [0.1, 0.15) is 0 Å². The van der Waals surface area contributed by atoms with E-state index in [0.717, 1.165) is 71.6 Å². The second-order valence-corrected chi connectivity index (χ2v) is 12.7. The van der Waals surface area contributed by atoms with E-state index in [2.05, 4.69) is 108 Å². The third kappa shape index (κ3) is 5.57. The molecule has 0 saturated carbocycles. The summed E-state index contributed by atoms with van der Waals surface area (Å²) in [5, 5.41) is 4.58. The van der Waals surface area contributed by atoms with Gasteiger partial charge in [-0.25, -0.2) is 19.8 Å². The van der Waals surface area contributed by atoms with Gasteiger partial charge in [0.25, 0.3) is 0 Å². The van der Waals surface area contributed by atoms with E-state index in [1.807, 2.05) is 78.9 Å². The first-order valence-corrected chi connectivity index (χ1v) is 17.2. The number of nitrogens with zero attached hydrogens (tertiary/aromatic N) is 4. The molecule has 0 spiro atoms. The summed E-state index contributed by atoms with van der Waals surface area (Å²) in [4.78, 5) is 18.6. The maximum Gasteiger partial charge on any atom is 0.194 e. The first-order valence-electron chi connectivity index (χ1n) is 17.2. The predicted molar refractivity (Wildman–Crippen MR) is 214 cm³/mol. The molecule has 0 unspecified atom stereocenters. The Morgan fingerprint density at radius 2 is 0.788 bits per heavy atom. The number of hydrogen-bond acceptors (Lipinski definition) is 3. The number of para-hydroxylation sites is 1. The van der Waals surface area contributed by atoms with Gasteiger partial charge in [0.05, 0.1) is 6.57 Å². The van der Waals surface area contributed by atoms with Crippen LogP contribution in [0.4, 0.5) is 5.69 Å². The summed E-state index contributed by atoms with van der Waals surface area (Å²) in [7, 11) is 0. The Balaban J connectivity index is 1.16. The summed E-state index contributed by atoms with van der Waals surface area (Å²) in [5.74, 6) is 1.91. The quantitative estimate of drug-likeness (QED) is 0.166. The van der Waals surface area contributed by atoms with E-state index >= 15 is 0 Å². The van der Waals surface area contributed by atoms with Gasteiger partial charge < -0.3 is 0 Å². The van der Waals surface area contributed by atoms with E-state index < -0.39 is 0 Å². The van der Waals surface area contributed by atoms with Crippen LogP contribution < -0.4 is 0 Å². The minimum absolute atomic E-state index is 0.628. The lowest BCUT2D eigenvalue weighted by molar-refractivity contribution is 1.07. The second kappa shape index (κ2) is 13.2. The molecule has 9 rings (SSSR count). The highest BCUT2D eigenvalue weighted by Gasteiger charge is 2.18. The molecule has 9 aromatic rings. The third-order valence-electron chi connectivity index (χ3n) is 9.59. The summed E-state index contributed by atoms with van der Waals surface area (Å²) in [6, 6.07) is 62.3. The van der Waals surface area contributed by atoms with Crippen molar-refractivity contribution in [1.29, 1.82) is 0 Å². The number of rotatable bonds is 6. The zero-order valence-electron chi connectivity index (χ0n) is 28.1. The third-order valence-corrected chi connectivity index (χ3v) is 9.59. The molecule has 0 fully saturated rings. The van der Waals surface area contributed by atoms with Gasteiger partial charge in [0.15, 0.2) is 23.2 Å². The average Bonchev–Trinajstić information content (AvgIpc) is 3.23. The predicted octanol–water partition coefficient (Wildman–Crippen LogP) is 12.7. The lowest BCUT2D eigenvalue weighted by Crippen LogP contribution is -2.00. The Labute approximate surface area is 302 Å². The fourth-order valence-electron chi connectivity index (χ4n) is 7.09. The summed E-state index contributed by atoms with van der Waals surface area (Å²) < 4.78 is 0. The van der Waals surface area contributed by atoms with Crippen LogP contribution in [0.3, 0.4) is 0 Å². The van der Waals surface area contributed by atoms with Gasteiger partial charge in [-0.15, -0.1) is 0 Å². The highest BCUT2D eigenvalue weighted by molar-refractivity contribution is 6.12. The summed E-state index contributed by atoms with van der Waals surface area (Å²) in [5.41, 5.74) is 9.94. The van der Waals surface area contributed by atoms with Crippen molar-refractivity contribution < 1.29 is 0 Å². The maximum atomic E-state index is 7.96. The Kier molecular flexibility index (Phi) is 7.85. The van der Waals surface area contributed by atoms with Crippen molar-refractivity contribution in [1.82, 2.24) is 15.0 Å². The molecule has 0 amide bonds. The number of benzene rings is 8. The standard InChI is InChI=1S/C48H30N4/c1-49-44-23-13-12-22-43(44)45-38-19-9-8-14-32(38)28-29-42(45)41-31-30-37(39-20-10-11-21-40(39)41)33-24-26-36(27-25-33)48-51-46(34-15-4-2-5-16-34)50-47(52-48)35-17-6-3-7-18-35/h2-31H. The van der Waals surface area contributed by atoms with Gasteiger partial charge >= 0.3 is 0 Å². The molecule has 8 aromatic carbocycles. The molecule has 0 aliphatic heterocycles. The zero-order valence-corrected chi connectivity index (χ0v) is 28.1. The molecular weight excluding hydrogens is 633 g/mol. The van der Waals surface area contributed by atoms with Crippen LogP contribution in [0.25, 0.3) is 93.9 Å². The van der Waals surface area contributed by atoms with Crippen LogP contribution >= 0.6 is 0 Å². The molecule has 1 aromatic heterocycles. The van der Waals surface area contributed by atoms with Gasteiger partial charge in [-0.1, -0.05) is 182 Å². The van der Waals surface area contributed by atoms with Gasteiger partial charge in [-0.2, -0.15) is 0 Å². The molecule has 0 N–H and O–H groups in total. The highest BCUT2D eigenvalue weighted by atomic mass is 15.0. The first-order chi connectivity index (χ1) is 25.7. The van der Waals surface area contributed by atoms with E-state index in [-0.39, 0.29) is 0 Å². The smallest absolute Gasteiger partial charge is 0.194 e. The Bertz CT molecular complexity index is 2730. The minimum Gasteiger partial charge on any atom is -0.238 e. The Morgan fingerprint density at radius 3 is 1.42 bits per heavy atom. The van der Waals surface area contributed by atoms with Crippen LogP contribution in [0, 0.1) is 6.57 Å². The van der Waals surface area contributed by atoms with Crippen molar-refractivity contribution in [3.05, 3.63) is 193 Å². The normalized spacial score (nSPS) is 11.1. The number of hydrogen-bond donors (Lipinski definition) is 0. The Morgan fingerprint density at radius 1 is 0.327 bits per heavy atom. The molecule has 0 bridgehead atoms. The molecule has 0 saturated heterocycles. The largest absolute Gasteiger partial charge is 0.238 e. The highest BCUT2D eigenvalue weighted by Crippen LogP contribution is 2.45.